The average Bonchev–Trinajstić information content (AvgIpc) is 2.28. The lowest BCUT2D eigenvalue weighted by atomic mass is 9.87. The predicted molar refractivity (Wildman–Crippen MR) is 80.1 cm³/mol. The number of alkyl halides is 2. The predicted octanol–water partition coefficient (Wildman–Crippen LogP) is 4.10. The van der Waals surface area contributed by atoms with Crippen molar-refractivity contribution in [3.63, 3.8) is 0 Å². The molecule has 2 rings (SSSR count). The van der Waals surface area contributed by atoms with Gasteiger partial charge in [0, 0.05) is 37.3 Å². The third-order valence-corrected chi connectivity index (χ3v) is 3.48. The van der Waals surface area contributed by atoms with Gasteiger partial charge < -0.3 is 10.6 Å². The number of hydrogen-bond acceptors (Lipinski definition) is 2. The maximum Gasteiger partial charge on any atom is 0.251 e. The molecule has 111 valence electrons. The summed E-state index contributed by atoms with van der Waals surface area (Å²) < 4.78 is 26.5. The Morgan fingerprint density at radius 1 is 1.20 bits per heavy atom. The monoisotopic (exact) mass is 281 g/mol. The zero-order chi connectivity index (χ0) is 15.0. The Morgan fingerprint density at radius 3 is 2.35 bits per heavy atom. The molecule has 0 unspecified atom stereocenters. The van der Waals surface area contributed by atoms with Gasteiger partial charge in [0.1, 0.15) is 0 Å². The Hall–Kier alpha value is -1.32. The standard InChI is InChI=1S/C16H23F2N2/c1-15(2,3)11-12-10-13(19)4-5-14(12)20-8-6-16(17,18)7-9-20/h4-5,10-11H,6-9,19H2,1-3H3. The van der Waals surface area contributed by atoms with Crippen LogP contribution in [0.3, 0.4) is 0 Å². The zero-order valence-electron chi connectivity index (χ0n) is 12.4. The molecule has 0 aliphatic carbocycles. The molecular weight excluding hydrogens is 258 g/mol. The van der Waals surface area contributed by atoms with E-state index in [2.05, 4.69) is 27.2 Å². The zero-order valence-corrected chi connectivity index (χ0v) is 12.4. The molecule has 0 saturated carbocycles. The van der Waals surface area contributed by atoms with Crippen molar-refractivity contribution in [3.8, 4) is 0 Å². The molecule has 0 atom stereocenters. The molecule has 0 spiro atoms. The molecule has 0 aromatic heterocycles. The fraction of sp³-hybridized carbons (Fsp3) is 0.562. The van der Waals surface area contributed by atoms with Gasteiger partial charge in [-0.25, -0.2) is 8.78 Å². The van der Waals surface area contributed by atoms with Crippen LogP contribution >= 0.6 is 0 Å². The van der Waals surface area contributed by atoms with Crippen molar-refractivity contribution in [2.24, 2.45) is 5.41 Å². The van der Waals surface area contributed by atoms with E-state index in [1.807, 2.05) is 23.1 Å². The molecule has 1 fully saturated rings. The summed E-state index contributed by atoms with van der Waals surface area (Å²) in [6, 6.07) is 5.70. The summed E-state index contributed by atoms with van der Waals surface area (Å²) in [5, 5.41) is 0. The first-order valence-electron chi connectivity index (χ1n) is 7.05. The van der Waals surface area contributed by atoms with Gasteiger partial charge in [-0.05, 0) is 35.6 Å². The summed E-state index contributed by atoms with van der Waals surface area (Å²) in [5.74, 6) is -2.52. The summed E-state index contributed by atoms with van der Waals surface area (Å²) in [7, 11) is 0. The van der Waals surface area contributed by atoms with E-state index in [-0.39, 0.29) is 18.3 Å². The first kappa shape index (κ1) is 15.1. The normalized spacial score (nSPS) is 19.1. The second-order valence-corrected chi connectivity index (χ2v) is 6.67. The lowest BCUT2D eigenvalue weighted by Gasteiger charge is -2.35. The van der Waals surface area contributed by atoms with Crippen molar-refractivity contribution < 1.29 is 8.78 Å². The highest BCUT2D eigenvalue weighted by Crippen LogP contribution is 2.35. The van der Waals surface area contributed by atoms with Crippen LogP contribution in [0.4, 0.5) is 20.2 Å². The Bertz CT molecular complexity index is 468. The smallest absolute Gasteiger partial charge is 0.251 e. The number of hydrogen-bond donors (Lipinski definition) is 1. The van der Waals surface area contributed by atoms with Crippen molar-refractivity contribution in [2.75, 3.05) is 23.7 Å². The number of nitrogens with zero attached hydrogens (tertiary/aromatic N) is 1. The van der Waals surface area contributed by atoms with E-state index >= 15 is 0 Å². The van der Waals surface area contributed by atoms with Crippen LogP contribution in [0, 0.1) is 11.8 Å². The minimum Gasteiger partial charge on any atom is -0.399 e. The van der Waals surface area contributed by atoms with E-state index < -0.39 is 5.92 Å². The molecule has 2 N–H and O–H groups in total. The van der Waals surface area contributed by atoms with Gasteiger partial charge in [-0.3, -0.25) is 0 Å². The Kier molecular flexibility index (Phi) is 3.94. The average molecular weight is 281 g/mol. The van der Waals surface area contributed by atoms with Gasteiger partial charge in [-0.1, -0.05) is 20.8 Å². The topological polar surface area (TPSA) is 29.3 Å². The van der Waals surface area contributed by atoms with E-state index in [1.165, 1.54) is 0 Å². The van der Waals surface area contributed by atoms with Crippen molar-refractivity contribution in [1.29, 1.82) is 0 Å². The fourth-order valence-electron chi connectivity index (χ4n) is 2.52. The quantitative estimate of drug-likeness (QED) is 0.827. The lowest BCUT2D eigenvalue weighted by Crippen LogP contribution is -2.39. The molecule has 1 radical (unpaired) electrons. The van der Waals surface area contributed by atoms with E-state index in [1.54, 1.807) is 0 Å². The third kappa shape index (κ3) is 3.84. The summed E-state index contributed by atoms with van der Waals surface area (Å²) in [6.45, 7) is 7.13. The maximum absolute atomic E-state index is 13.3. The van der Waals surface area contributed by atoms with Crippen LogP contribution in [0.15, 0.2) is 18.2 Å². The minimum atomic E-state index is -2.52. The summed E-state index contributed by atoms with van der Waals surface area (Å²) in [6.07, 6.45) is 1.99. The molecule has 1 aliphatic rings. The molecule has 4 heteroatoms. The molecule has 0 amide bonds. The number of halogens is 2. The van der Waals surface area contributed by atoms with Crippen LogP contribution < -0.4 is 10.6 Å². The summed E-state index contributed by atoms with van der Waals surface area (Å²) in [4.78, 5) is 2.04. The van der Waals surface area contributed by atoms with Gasteiger partial charge in [-0.15, -0.1) is 0 Å². The molecule has 1 aromatic rings. The van der Waals surface area contributed by atoms with E-state index in [9.17, 15) is 8.78 Å². The fourth-order valence-corrected chi connectivity index (χ4v) is 2.52. The van der Waals surface area contributed by atoms with Crippen LogP contribution in [-0.2, 0) is 0 Å². The number of nitrogen functional groups attached to an aromatic ring is 1. The Morgan fingerprint density at radius 2 is 1.80 bits per heavy atom. The van der Waals surface area contributed by atoms with Crippen LogP contribution in [0.25, 0.3) is 0 Å². The molecule has 1 aromatic carbocycles. The van der Waals surface area contributed by atoms with Crippen molar-refractivity contribution in [3.05, 3.63) is 30.2 Å². The summed E-state index contributed by atoms with van der Waals surface area (Å²) in [5.41, 5.74) is 8.61. The lowest BCUT2D eigenvalue weighted by molar-refractivity contribution is -0.0220. The maximum atomic E-state index is 13.3. The van der Waals surface area contributed by atoms with Crippen LogP contribution in [0.5, 0.6) is 0 Å². The summed E-state index contributed by atoms with van der Waals surface area (Å²) >= 11 is 0. The Labute approximate surface area is 120 Å². The van der Waals surface area contributed by atoms with Gasteiger partial charge in [0.2, 0.25) is 0 Å². The molecule has 2 nitrogen and oxygen atoms in total. The number of piperidine rings is 1. The van der Waals surface area contributed by atoms with E-state index in [0.29, 0.717) is 18.8 Å². The van der Waals surface area contributed by atoms with Crippen molar-refractivity contribution in [2.45, 2.75) is 39.5 Å². The van der Waals surface area contributed by atoms with Crippen LogP contribution in [0.2, 0.25) is 0 Å². The first-order valence-corrected chi connectivity index (χ1v) is 7.05. The second-order valence-electron chi connectivity index (χ2n) is 6.67. The van der Waals surface area contributed by atoms with E-state index in [4.69, 9.17) is 5.73 Å². The Balaban J connectivity index is 2.23. The van der Waals surface area contributed by atoms with Gasteiger partial charge >= 0.3 is 0 Å². The molecule has 1 heterocycles. The number of nitrogens with two attached hydrogens (primary N) is 1. The highest BCUT2D eigenvalue weighted by atomic mass is 19.3. The minimum absolute atomic E-state index is 0.0161. The third-order valence-electron chi connectivity index (χ3n) is 3.48. The highest BCUT2D eigenvalue weighted by molar-refractivity contribution is 5.63. The van der Waals surface area contributed by atoms with Gasteiger partial charge in [0.15, 0.2) is 0 Å². The first-order chi connectivity index (χ1) is 9.16. The van der Waals surface area contributed by atoms with Crippen LogP contribution in [-0.4, -0.2) is 19.0 Å². The SMILES string of the molecule is CC(C)(C)[CH]c1cc(N)ccc1N1CCC(F)(F)CC1. The molecule has 0 bridgehead atoms. The number of anilines is 2. The number of benzene rings is 1. The molecule has 20 heavy (non-hydrogen) atoms. The largest absolute Gasteiger partial charge is 0.399 e. The molecule has 1 saturated heterocycles. The van der Waals surface area contributed by atoms with Crippen LogP contribution in [0.1, 0.15) is 39.2 Å². The van der Waals surface area contributed by atoms with Gasteiger partial charge in [0.25, 0.3) is 5.92 Å². The van der Waals surface area contributed by atoms with Crippen molar-refractivity contribution >= 4 is 11.4 Å². The van der Waals surface area contributed by atoms with Gasteiger partial charge in [0.05, 0.1) is 0 Å². The van der Waals surface area contributed by atoms with Crippen molar-refractivity contribution in [1.82, 2.24) is 0 Å². The number of rotatable bonds is 2. The van der Waals surface area contributed by atoms with E-state index in [0.717, 1.165) is 11.3 Å². The highest BCUT2D eigenvalue weighted by Gasteiger charge is 2.34. The second kappa shape index (κ2) is 5.23. The van der Waals surface area contributed by atoms with Gasteiger partial charge in [-0.2, -0.15) is 0 Å². The molecule has 1 aliphatic heterocycles. The molecular formula is C16H23F2N2.